The van der Waals surface area contributed by atoms with Gasteiger partial charge in [-0.15, -0.1) is 0 Å². The van der Waals surface area contributed by atoms with Crippen molar-refractivity contribution in [1.82, 2.24) is 4.98 Å². The fourth-order valence-electron chi connectivity index (χ4n) is 2.21. The Kier molecular flexibility index (Phi) is 3.81. The van der Waals surface area contributed by atoms with E-state index in [9.17, 15) is 9.50 Å². The second kappa shape index (κ2) is 5.36. The van der Waals surface area contributed by atoms with Crippen LogP contribution in [-0.4, -0.2) is 17.2 Å². The molecule has 2 rings (SSSR count). The highest BCUT2D eigenvalue weighted by molar-refractivity contribution is 5.41. The average molecular weight is 261 g/mol. The van der Waals surface area contributed by atoms with Crippen molar-refractivity contribution in [2.24, 2.45) is 0 Å². The van der Waals surface area contributed by atoms with Gasteiger partial charge in [0.15, 0.2) is 0 Å². The molecule has 1 aromatic heterocycles. The lowest BCUT2D eigenvalue weighted by Gasteiger charge is -2.17. The van der Waals surface area contributed by atoms with E-state index >= 15 is 0 Å². The largest absolute Gasteiger partial charge is 0.481 e. The number of rotatable bonds is 3. The Morgan fingerprint density at radius 3 is 2.68 bits per heavy atom. The van der Waals surface area contributed by atoms with Gasteiger partial charge in [-0.25, -0.2) is 9.37 Å². The highest BCUT2D eigenvalue weighted by atomic mass is 19.1. The van der Waals surface area contributed by atoms with Gasteiger partial charge >= 0.3 is 0 Å². The zero-order chi connectivity index (χ0) is 14.0. The van der Waals surface area contributed by atoms with E-state index in [4.69, 9.17) is 4.74 Å². The van der Waals surface area contributed by atoms with Crippen LogP contribution in [0.3, 0.4) is 0 Å². The van der Waals surface area contributed by atoms with Crippen LogP contribution < -0.4 is 4.74 Å². The second-order valence-electron chi connectivity index (χ2n) is 4.48. The third-order valence-corrected chi connectivity index (χ3v) is 3.04. The average Bonchev–Trinajstić information content (AvgIpc) is 2.37. The van der Waals surface area contributed by atoms with Gasteiger partial charge in [-0.1, -0.05) is 6.07 Å². The molecule has 19 heavy (non-hydrogen) atoms. The molecule has 0 amide bonds. The number of ether oxygens (including phenoxy) is 1. The van der Waals surface area contributed by atoms with Gasteiger partial charge in [0.25, 0.3) is 0 Å². The summed E-state index contributed by atoms with van der Waals surface area (Å²) >= 11 is 0. The van der Waals surface area contributed by atoms with Crippen molar-refractivity contribution in [3.05, 3.63) is 58.5 Å². The Morgan fingerprint density at radius 2 is 2.05 bits per heavy atom. The lowest BCUT2D eigenvalue weighted by atomic mass is 9.96. The van der Waals surface area contributed by atoms with Crippen LogP contribution in [0.25, 0.3) is 0 Å². The number of methoxy groups -OCH3 is 1. The van der Waals surface area contributed by atoms with Gasteiger partial charge in [0.1, 0.15) is 11.9 Å². The van der Waals surface area contributed by atoms with Crippen molar-refractivity contribution in [3.8, 4) is 5.88 Å². The Balaban J connectivity index is 2.53. The molecule has 3 nitrogen and oxygen atoms in total. The summed E-state index contributed by atoms with van der Waals surface area (Å²) < 4.78 is 19.2. The Labute approximate surface area is 111 Å². The van der Waals surface area contributed by atoms with Crippen molar-refractivity contribution in [2.45, 2.75) is 20.0 Å². The zero-order valence-corrected chi connectivity index (χ0v) is 11.1. The SMILES string of the molecule is COc1ncccc1C(O)c1c(C)cc(C)cc1F. The summed E-state index contributed by atoms with van der Waals surface area (Å²) in [5, 5.41) is 10.4. The number of pyridine rings is 1. The molecule has 0 radical (unpaired) electrons. The molecule has 1 N–H and O–H groups in total. The van der Waals surface area contributed by atoms with Crippen LogP contribution in [0.4, 0.5) is 4.39 Å². The Hall–Kier alpha value is -1.94. The van der Waals surface area contributed by atoms with Gasteiger partial charge in [0.2, 0.25) is 5.88 Å². The quantitative estimate of drug-likeness (QED) is 0.923. The van der Waals surface area contributed by atoms with Crippen LogP contribution in [0, 0.1) is 19.7 Å². The van der Waals surface area contributed by atoms with Gasteiger partial charge < -0.3 is 9.84 Å². The third-order valence-electron chi connectivity index (χ3n) is 3.04. The summed E-state index contributed by atoms with van der Waals surface area (Å²) in [4.78, 5) is 4.02. The third kappa shape index (κ3) is 2.58. The second-order valence-corrected chi connectivity index (χ2v) is 4.48. The van der Waals surface area contributed by atoms with Crippen molar-refractivity contribution in [1.29, 1.82) is 0 Å². The van der Waals surface area contributed by atoms with Crippen molar-refractivity contribution >= 4 is 0 Å². The predicted molar refractivity (Wildman–Crippen MR) is 70.7 cm³/mol. The number of nitrogens with zero attached hydrogens (tertiary/aromatic N) is 1. The number of hydrogen-bond donors (Lipinski definition) is 1. The minimum Gasteiger partial charge on any atom is -0.481 e. The summed E-state index contributed by atoms with van der Waals surface area (Å²) in [6.45, 7) is 3.59. The number of aliphatic hydroxyl groups is 1. The molecule has 0 fully saturated rings. The topological polar surface area (TPSA) is 42.4 Å². The van der Waals surface area contributed by atoms with Gasteiger partial charge in [0.05, 0.1) is 7.11 Å². The summed E-state index contributed by atoms with van der Waals surface area (Å²) in [7, 11) is 1.47. The summed E-state index contributed by atoms with van der Waals surface area (Å²) in [5.74, 6) is -0.120. The van der Waals surface area contributed by atoms with Crippen molar-refractivity contribution in [2.75, 3.05) is 7.11 Å². The fraction of sp³-hybridized carbons (Fsp3) is 0.267. The molecule has 0 saturated carbocycles. The molecule has 0 saturated heterocycles. The van der Waals surface area contributed by atoms with Crippen LogP contribution in [0.1, 0.15) is 28.4 Å². The van der Waals surface area contributed by atoms with Gasteiger partial charge in [0, 0.05) is 17.3 Å². The van der Waals surface area contributed by atoms with Crippen LogP contribution in [0.15, 0.2) is 30.5 Å². The number of hydrogen-bond acceptors (Lipinski definition) is 3. The van der Waals surface area contributed by atoms with E-state index in [1.54, 1.807) is 25.3 Å². The minimum atomic E-state index is -1.09. The number of benzene rings is 1. The van der Waals surface area contributed by atoms with E-state index < -0.39 is 11.9 Å². The van der Waals surface area contributed by atoms with E-state index in [0.717, 1.165) is 5.56 Å². The van der Waals surface area contributed by atoms with Gasteiger partial charge in [-0.3, -0.25) is 0 Å². The molecule has 1 atom stereocenters. The Bertz CT molecular complexity index is 575. The van der Waals surface area contributed by atoms with Crippen LogP contribution >= 0.6 is 0 Å². The maximum absolute atomic E-state index is 14.1. The molecule has 100 valence electrons. The number of aryl methyl sites for hydroxylation is 2. The van der Waals surface area contributed by atoms with Gasteiger partial charge in [-0.2, -0.15) is 0 Å². The molecule has 0 aliphatic rings. The smallest absolute Gasteiger partial charge is 0.219 e. The summed E-state index contributed by atoms with van der Waals surface area (Å²) in [6, 6.07) is 6.61. The molecular formula is C15H16FNO2. The van der Waals surface area contributed by atoms with E-state index in [1.165, 1.54) is 13.2 Å². The molecular weight excluding hydrogens is 245 g/mol. The van der Waals surface area contributed by atoms with Crippen molar-refractivity contribution < 1.29 is 14.2 Å². The first-order chi connectivity index (χ1) is 9.04. The van der Waals surface area contributed by atoms with Gasteiger partial charge in [-0.05, 0) is 43.2 Å². The molecule has 0 spiro atoms. The zero-order valence-electron chi connectivity index (χ0n) is 11.1. The molecule has 1 heterocycles. The summed E-state index contributed by atoms with van der Waals surface area (Å²) in [6.07, 6.45) is 0.470. The lowest BCUT2D eigenvalue weighted by Crippen LogP contribution is -2.08. The molecule has 0 aliphatic carbocycles. The highest BCUT2D eigenvalue weighted by Crippen LogP contribution is 2.32. The molecule has 4 heteroatoms. The van der Waals surface area contributed by atoms with E-state index in [1.807, 2.05) is 13.0 Å². The van der Waals surface area contributed by atoms with E-state index in [0.29, 0.717) is 17.0 Å². The first kappa shape index (κ1) is 13.5. The highest BCUT2D eigenvalue weighted by Gasteiger charge is 2.21. The van der Waals surface area contributed by atoms with Crippen LogP contribution in [0.5, 0.6) is 5.88 Å². The molecule has 0 aliphatic heterocycles. The minimum absolute atomic E-state index is 0.261. The number of aromatic nitrogens is 1. The van der Waals surface area contributed by atoms with E-state index in [2.05, 4.69) is 4.98 Å². The maximum atomic E-state index is 14.1. The van der Waals surface area contributed by atoms with Crippen molar-refractivity contribution in [3.63, 3.8) is 0 Å². The first-order valence-electron chi connectivity index (χ1n) is 5.98. The lowest BCUT2D eigenvalue weighted by molar-refractivity contribution is 0.207. The maximum Gasteiger partial charge on any atom is 0.219 e. The number of halogens is 1. The molecule has 1 aromatic carbocycles. The standard InChI is InChI=1S/C15H16FNO2/c1-9-7-10(2)13(12(16)8-9)14(18)11-5-4-6-17-15(11)19-3/h4-8,14,18H,1-3H3. The molecule has 0 bridgehead atoms. The monoisotopic (exact) mass is 261 g/mol. The van der Waals surface area contributed by atoms with Crippen LogP contribution in [-0.2, 0) is 0 Å². The number of aliphatic hydroxyl groups excluding tert-OH is 1. The first-order valence-corrected chi connectivity index (χ1v) is 5.98. The summed E-state index contributed by atoms with van der Waals surface area (Å²) in [5.41, 5.74) is 2.24. The predicted octanol–water partition coefficient (Wildman–Crippen LogP) is 2.93. The normalized spacial score (nSPS) is 12.3. The van der Waals surface area contributed by atoms with E-state index in [-0.39, 0.29) is 5.56 Å². The molecule has 2 aromatic rings. The molecule has 1 unspecified atom stereocenters. The fourth-order valence-corrected chi connectivity index (χ4v) is 2.21. The van der Waals surface area contributed by atoms with Crippen LogP contribution in [0.2, 0.25) is 0 Å². The Morgan fingerprint density at radius 1 is 1.32 bits per heavy atom.